The third kappa shape index (κ3) is 13.0. The van der Waals surface area contributed by atoms with Crippen molar-refractivity contribution in [1.82, 2.24) is 0 Å². The van der Waals surface area contributed by atoms with Gasteiger partial charge in [-0.3, -0.25) is 4.79 Å². The van der Waals surface area contributed by atoms with E-state index < -0.39 is 47.9 Å². The molecule has 0 spiro atoms. The van der Waals surface area contributed by atoms with Gasteiger partial charge in [0.15, 0.2) is 30.9 Å². The zero-order valence-corrected chi connectivity index (χ0v) is 36.5. The molecule has 1 N–H and O–H groups in total. The van der Waals surface area contributed by atoms with Crippen LogP contribution in [-0.4, -0.2) is 120 Å². The van der Waals surface area contributed by atoms with Crippen LogP contribution in [0.25, 0.3) is 12.2 Å². The molecule has 16 heteroatoms. The Labute approximate surface area is 362 Å². The minimum absolute atomic E-state index is 0.0265. The third-order valence-electron chi connectivity index (χ3n) is 9.76. The predicted molar refractivity (Wildman–Crippen MR) is 225 cm³/mol. The SMILES string of the molecule is COCOc1cc(OC)cc2c1C(=O)OCC/C=C\C(=O)[C@H]1OC(C)(C)O[C@H]1C/C=C/2.COCOc1cc(OC)cc2c1C(=O)OCC/C=C\C(O)[C@H]1OC(C)(C)O[C@H]1C/C=C/2. The second kappa shape index (κ2) is 22.3. The molecular formula is C46H58O16. The molecular weight excluding hydrogens is 808 g/mol. The number of ether oxygens (including phenoxy) is 12. The fraction of sp³-hybridized carbons (Fsp3) is 0.500. The largest absolute Gasteiger partial charge is 0.497 e. The number of rotatable bonds is 8. The van der Waals surface area contributed by atoms with Crippen molar-refractivity contribution >= 4 is 29.9 Å². The van der Waals surface area contributed by atoms with E-state index in [-0.39, 0.29) is 49.8 Å². The number of aliphatic hydroxyl groups excluding tert-OH is 1. The summed E-state index contributed by atoms with van der Waals surface area (Å²) in [6.07, 6.45) is 12.7. The van der Waals surface area contributed by atoms with Gasteiger partial charge < -0.3 is 61.9 Å². The van der Waals surface area contributed by atoms with Gasteiger partial charge in [0.25, 0.3) is 0 Å². The molecule has 4 aliphatic heterocycles. The van der Waals surface area contributed by atoms with Crippen molar-refractivity contribution in [3.63, 3.8) is 0 Å². The first kappa shape index (κ1) is 48.0. The normalized spacial score (nSPS) is 26.7. The number of hydrogen-bond donors (Lipinski definition) is 1. The number of fused-ring (bicyclic) bond motifs is 4. The van der Waals surface area contributed by atoms with Crippen molar-refractivity contribution in [3.8, 4) is 23.0 Å². The zero-order chi connectivity index (χ0) is 44.9. The molecule has 5 atom stereocenters. The molecule has 4 heterocycles. The van der Waals surface area contributed by atoms with Gasteiger partial charge in [0.1, 0.15) is 52.4 Å². The quantitative estimate of drug-likeness (QED) is 0.176. The molecule has 0 aromatic heterocycles. The van der Waals surface area contributed by atoms with Crippen LogP contribution in [0.4, 0.5) is 0 Å². The predicted octanol–water partition coefficient (Wildman–Crippen LogP) is 6.37. The number of methoxy groups -OCH3 is 4. The Kier molecular flexibility index (Phi) is 17.3. The van der Waals surface area contributed by atoms with E-state index in [1.165, 1.54) is 34.5 Å². The van der Waals surface area contributed by atoms with E-state index in [9.17, 15) is 19.5 Å². The van der Waals surface area contributed by atoms with Crippen molar-refractivity contribution in [2.75, 3.05) is 55.2 Å². The summed E-state index contributed by atoms with van der Waals surface area (Å²) >= 11 is 0. The Morgan fingerprint density at radius 2 is 1.13 bits per heavy atom. The van der Waals surface area contributed by atoms with Gasteiger partial charge in [0.2, 0.25) is 0 Å². The van der Waals surface area contributed by atoms with E-state index in [2.05, 4.69) is 0 Å². The van der Waals surface area contributed by atoms with Crippen LogP contribution in [0.1, 0.15) is 85.2 Å². The number of hydrogen-bond acceptors (Lipinski definition) is 16. The molecule has 2 aromatic rings. The van der Waals surface area contributed by atoms with Crippen molar-refractivity contribution in [3.05, 3.63) is 83.0 Å². The van der Waals surface area contributed by atoms with Crippen molar-refractivity contribution in [2.24, 2.45) is 0 Å². The highest BCUT2D eigenvalue weighted by Crippen LogP contribution is 2.36. The Morgan fingerprint density at radius 3 is 1.66 bits per heavy atom. The summed E-state index contributed by atoms with van der Waals surface area (Å²) in [4.78, 5) is 38.3. The number of carbonyl (C=O) groups is 3. The molecule has 4 aliphatic rings. The van der Waals surface area contributed by atoms with Crippen LogP contribution in [-0.2, 0) is 42.7 Å². The highest BCUT2D eigenvalue weighted by molar-refractivity contribution is 5.98. The molecule has 2 saturated heterocycles. The lowest BCUT2D eigenvalue weighted by Crippen LogP contribution is -2.34. The van der Waals surface area contributed by atoms with E-state index >= 15 is 0 Å². The van der Waals surface area contributed by atoms with Crippen LogP contribution in [0, 0.1) is 0 Å². The fourth-order valence-corrected chi connectivity index (χ4v) is 7.09. The molecule has 0 bridgehead atoms. The van der Waals surface area contributed by atoms with Gasteiger partial charge in [0.05, 0.1) is 39.6 Å². The maximum Gasteiger partial charge on any atom is 0.342 e. The fourth-order valence-electron chi connectivity index (χ4n) is 7.09. The average Bonchev–Trinajstić information content (AvgIpc) is 3.73. The molecule has 1 unspecified atom stereocenters. The van der Waals surface area contributed by atoms with E-state index in [1.807, 2.05) is 26.0 Å². The van der Waals surface area contributed by atoms with E-state index in [4.69, 9.17) is 56.8 Å². The highest BCUT2D eigenvalue weighted by atomic mass is 16.8. The van der Waals surface area contributed by atoms with Gasteiger partial charge in [-0.2, -0.15) is 0 Å². The number of aliphatic hydroxyl groups is 1. The maximum atomic E-state index is 12.9. The standard InChI is InChI=1S/C23H30O8.C23H28O8/c2*1-23(2)30-18-10-7-8-15-12-16(27-4)13-19(29-14-26-3)20(15)22(25)28-11-6-5-9-17(24)21(18)31-23/h5,7-9,12-13,17-18,21,24H,6,10-11,14H2,1-4H3;5,7-9,12-13,18,21H,6,10-11,14H2,1-4H3/b2*8-7+,9-5-/t17?,18-,21+;18-,21+/m00/s1. The lowest BCUT2D eigenvalue weighted by atomic mass is 10.0. The van der Waals surface area contributed by atoms with Crippen LogP contribution in [0.2, 0.25) is 0 Å². The van der Waals surface area contributed by atoms with Crippen LogP contribution < -0.4 is 18.9 Å². The van der Waals surface area contributed by atoms with Gasteiger partial charge in [-0.15, -0.1) is 0 Å². The van der Waals surface area contributed by atoms with Crippen LogP contribution in [0.3, 0.4) is 0 Å². The number of cyclic esters (lactones) is 2. The molecule has 0 amide bonds. The number of benzene rings is 2. The van der Waals surface area contributed by atoms with Crippen molar-refractivity contribution in [2.45, 2.75) is 95.5 Å². The molecule has 16 nitrogen and oxygen atoms in total. The smallest absolute Gasteiger partial charge is 0.342 e. The van der Waals surface area contributed by atoms with E-state index in [0.29, 0.717) is 59.8 Å². The third-order valence-corrected chi connectivity index (χ3v) is 9.76. The Balaban J connectivity index is 0.000000234. The van der Waals surface area contributed by atoms with Crippen LogP contribution in [0.15, 0.2) is 60.7 Å². The van der Waals surface area contributed by atoms with E-state index in [0.717, 1.165) is 0 Å². The summed E-state index contributed by atoms with van der Waals surface area (Å²) in [7, 11) is 6.06. The zero-order valence-electron chi connectivity index (χ0n) is 36.5. The van der Waals surface area contributed by atoms with Gasteiger partial charge in [-0.1, -0.05) is 42.5 Å². The van der Waals surface area contributed by atoms with Gasteiger partial charge in [0, 0.05) is 26.4 Å². The summed E-state index contributed by atoms with van der Waals surface area (Å²) in [6, 6.07) is 6.69. The summed E-state index contributed by atoms with van der Waals surface area (Å²) < 4.78 is 66.4. The maximum absolute atomic E-state index is 12.9. The molecule has 6 rings (SSSR count). The first-order chi connectivity index (χ1) is 29.7. The Morgan fingerprint density at radius 1 is 0.629 bits per heavy atom. The van der Waals surface area contributed by atoms with Gasteiger partial charge >= 0.3 is 11.9 Å². The van der Waals surface area contributed by atoms with Crippen LogP contribution >= 0.6 is 0 Å². The van der Waals surface area contributed by atoms with Gasteiger partial charge in [-0.05, 0) is 82.7 Å². The summed E-state index contributed by atoms with van der Waals surface area (Å²) in [6.45, 7) is 7.39. The Bertz CT molecular complexity index is 1980. The molecule has 2 fully saturated rings. The summed E-state index contributed by atoms with van der Waals surface area (Å²) in [5.41, 5.74) is 1.70. The Hall–Kier alpha value is -5.07. The number of carbonyl (C=O) groups excluding carboxylic acids is 3. The highest BCUT2D eigenvalue weighted by Gasteiger charge is 2.44. The average molecular weight is 867 g/mol. The lowest BCUT2D eigenvalue weighted by Gasteiger charge is -2.20. The monoisotopic (exact) mass is 866 g/mol. The summed E-state index contributed by atoms with van der Waals surface area (Å²) in [5.74, 6) is -1.24. The van der Waals surface area contributed by atoms with Crippen LogP contribution in [0.5, 0.6) is 23.0 Å². The minimum atomic E-state index is -0.859. The second-order valence-electron chi connectivity index (χ2n) is 15.4. The summed E-state index contributed by atoms with van der Waals surface area (Å²) in [5, 5.41) is 10.5. The molecule has 0 saturated carbocycles. The van der Waals surface area contributed by atoms with Gasteiger partial charge in [-0.25, -0.2) is 9.59 Å². The molecule has 338 valence electrons. The minimum Gasteiger partial charge on any atom is -0.497 e. The topological polar surface area (TPSA) is 182 Å². The molecule has 0 radical (unpaired) electrons. The van der Waals surface area contributed by atoms with E-state index in [1.54, 1.807) is 68.5 Å². The molecule has 0 aliphatic carbocycles. The number of ketones is 1. The first-order valence-corrected chi connectivity index (χ1v) is 20.3. The van der Waals surface area contributed by atoms with Crippen molar-refractivity contribution in [1.29, 1.82) is 0 Å². The number of esters is 2. The molecule has 2 aromatic carbocycles. The molecule has 62 heavy (non-hydrogen) atoms. The van der Waals surface area contributed by atoms with Crippen molar-refractivity contribution < 1.29 is 76.3 Å². The second-order valence-corrected chi connectivity index (χ2v) is 15.4. The first-order valence-electron chi connectivity index (χ1n) is 20.3. The lowest BCUT2D eigenvalue weighted by molar-refractivity contribution is -0.152.